The van der Waals surface area contributed by atoms with E-state index < -0.39 is 11.8 Å². The number of nitrogens with one attached hydrogen (secondary N) is 1. The number of benzene rings is 1. The average molecular weight is 259 g/mol. The number of nitrogens with two attached hydrogens (primary N) is 1. The number of carbonyl (C=O) groups is 2. The summed E-state index contributed by atoms with van der Waals surface area (Å²) in [5.41, 5.74) is 7.54. The van der Waals surface area contributed by atoms with E-state index in [1.54, 1.807) is 0 Å². The van der Waals surface area contributed by atoms with Gasteiger partial charge in [-0.15, -0.1) is 0 Å². The van der Waals surface area contributed by atoms with Crippen LogP contribution in [0.1, 0.15) is 32.2 Å². The highest BCUT2D eigenvalue weighted by Crippen LogP contribution is 2.20. The first kappa shape index (κ1) is 12.8. The molecule has 0 atom stereocenters. The van der Waals surface area contributed by atoms with Crippen molar-refractivity contribution in [3.8, 4) is 0 Å². The zero-order valence-corrected chi connectivity index (χ0v) is 10.6. The van der Waals surface area contributed by atoms with E-state index in [2.05, 4.69) is 10.5 Å². The Morgan fingerprint density at radius 1 is 1.26 bits per heavy atom. The first-order valence-electron chi connectivity index (χ1n) is 5.63. The molecule has 0 aliphatic carbocycles. The smallest absolute Gasteiger partial charge is 0.294 e. The number of amides is 2. The van der Waals surface area contributed by atoms with Gasteiger partial charge in [0.25, 0.3) is 11.8 Å². The van der Waals surface area contributed by atoms with Crippen LogP contribution in [0.25, 0.3) is 0 Å². The van der Waals surface area contributed by atoms with Gasteiger partial charge >= 0.3 is 0 Å². The summed E-state index contributed by atoms with van der Waals surface area (Å²) < 4.78 is 4.78. The molecule has 0 saturated heterocycles. The Balaban J connectivity index is 2.23. The molecule has 1 aromatic carbocycles. The minimum absolute atomic E-state index is 0.0588. The molecule has 3 N–H and O–H groups in total. The molecule has 0 spiro atoms. The Bertz CT molecular complexity index is 626. The maximum Gasteiger partial charge on any atom is 0.294 e. The third-order valence-electron chi connectivity index (χ3n) is 2.71. The lowest BCUT2D eigenvalue weighted by atomic mass is 10.1. The van der Waals surface area contributed by atoms with Crippen LogP contribution in [0.15, 0.2) is 28.8 Å². The summed E-state index contributed by atoms with van der Waals surface area (Å²) in [6.07, 6.45) is 0. The molecule has 0 saturated carbocycles. The lowest BCUT2D eigenvalue weighted by Gasteiger charge is -2.09. The molecule has 2 rings (SSSR count). The molecule has 2 aromatic rings. The van der Waals surface area contributed by atoms with Crippen LogP contribution in [0, 0.1) is 13.8 Å². The van der Waals surface area contributed by atoms with Crippen molar-refractivity contribution in [1.82, 2.24) is 5.16 Å². The SMILES string of the molecule is Cc1cccc(C)c1NC(=O)c1cc(C(N)=O)no1. The van der Waals surface area contributed by atoms with Gasteiger partial charge in [0, 0.05) is 11.8 Å². The number of para-hydroxylation sites is 1. The molecule has 0 unspecified atom stereocenters. The lowest BCUT2D eigenvalue weighted by molar-refractivity contribution is 0.0973. The van der Waals surface area contributed by atoms with E-state index in [-0.39, 0.29) is 11.5 Å². The van der Waals surface area contributed by atoms with Crippen molar-refractivity contribution in [3.63, 3.8) is 0 Å². The van der Waals surface area contributed by atoms with Crippen molar-refractivity contribution in [1.29, 1.82) is 0 Å². The highest BCUT2D eigenvalue weighted by Gasteiger charge is 2.17. The van der Waals surface area contributed by atoms with E-state index in [9.17, 15) is 9.59 Å². The standard InChI is InChI=1S/C13H13N3O3/c1-7-4-3-5-8(2)11(7)15-13(18)10-6-9(12(14)17)16-19-10/h3-6H,1-2H3,(H2,14,17)(H,15,18). The second-order valence-corrected chi connectivity index (χ2v) is 4.16. The number of anilines is 1. The minimum atomic E-state index is -0.741. The van der Waals surface area contributed by atoms with Gasteiger partial charge < -0.3 is 15.6 Å². The summed E-state index contributed by atoms with van der Waals surface area (Å²) in [7, 11) is 0. The Morgan fingerprint density at radius 2 is 1.89 bits per heavy atom. The largest absolute Gasteiger partial charge is 0.364 e. The molecule has 0 fully saturated rings. The molecule has 0 radical (unpaired) electrons. The zero-order chi connectivity index (χ0) is 14.0. The highest BCUT2D eigenvalue weighted by molar-refractivity contribution is 6.04. The second-order valence-electron chi connectivity index (χ2n) is 4.16. The Hall–Kier alpha value is -2.63. The van der Waals surface area contributed by atoms with Crippen molar-refractivity contribution in [2.24, 2.45) is 5.73 Å². The highest BCUT2D eigenvalue weighted by atomic mass is 16.5. The molecule has 19 heavy (non-hydrogen) atoms. The molecule has 6 heteroatoms. The van der Waals surface area contributed by atoms with Gasteiger partial charge in [0.05, 0.1) is 0 Å². The molecule has 0 bridgehead atoms. The number of rotatable bonds is 3. The van der Waals surface area contributed by atoms with Gasteiger partial charge in [-0.3, -0.25) is 9.59 Å². The van der Waals surface area contributed by atoms with Crippen molar-refractivity contribution < 1.29 is 14.1 Å². The van der Waals surface area contributed by atoms with Crippen LogP contribution >= 0.6 is 0 Å². The van der Waals surface area contributed by atoms with Crippen LogP contribution in [-0.4, -0.2) is 17.0 Å². The fourth-order valence-electron chi connectivity index (χ4n) is 1.69. The van der Waals surface area contributed by atoms with Crippen molar-refractivity contribution in [2.45, 2.75) is 13.8 Å². The van der Waals surface area contributed by atoms with E-state index in [0.717, 1.165) is 11.1 Å². The van der Waals surface area contributed by atoms with Crippen LogP contribution in [0.5, 0.6) is 0 Å². The van der Waals surface area contributed by atoms with Crippen LogP contribution in [-0.2, 0) is 0 Å². The number of nitrogens with zero attached hydrogens (tertiary/aromatic N) is 1. The van der Waals surface area contributed by atoms with Gasteiger partial charge in [0.2, 0.25) is 5.76 Å². The van der Waals surface area contributed by atoms with E-state index in [4.69, 9.17) is 10.3 Å². The molecule has 1 heterocycles. The van der Waals surface area contributed by atoms with Crippen LogP contribution in [0.4, 0.5) is 5.69 Å². The number of aromatic nitrogens is 1. The molecule has 0 aliphatic heterocycles. The van der Waals surface area contributed by atoms with Crippen LogP contribution in [0.3, 0.4) is 0 Å². The first-order valence-corrected chi connectivity index (χ1v) is 5.63. The maximum absolute atomic E-state index is 12.0. The van der Waals surface area contributed by atoms with E-state index in [1.807, 2.05) is 32.0 Å². The number of primary amides is 1. The third-order valence-corrected chi connectivity index (χ3v) is 2.71. The van der Waals surface area contributed by atoms with Gasteiger partial charge in [-0.25, -0.2) is 0 Å². The van der Waals surface area contributed by atoms with Gasteiger partial charge in [0.15, 0.2) is 5.69 Å². The fraction of sp³-hybridized carbons (Fsp3) is 0.154. The van der Waals surface area contributed by atoms with Crippen LogP contribution in [0.2, 0.25) is 0 Å². The van der Waals surface area contributed by atoms with E-state index >= 15 is 0 Å². The topological polar surface area (TPSA) is 98.2 Å². The van der Waals surface area contributed by atoms with Gasteiger partial charge in [-0.05, 0) is 25.0 Å². The molecule has 1 aromatic heterocycles. The molecular weight excluding hydrogens is 246 g/mol. The number of carbonyl (C=O) groups excluding carboxylic acids is 2. The van der Waals surface area contributed by atoms with Crippen molar-refractivity contribution >= 4 is 17.5 Å². The predicted molar refractivity (Wildman–Crippen MR) is 68.9 cm³/mol. The van der Waals surface area contributed by atoms with Crippen molar-refractivity contribution in [3.05, 3.63) is 46.8 Å². The number of aryl methyl sites for hydroxylation is 2. The summed E-state index contributed by atoms with van der Waals surface area (Å²) in [4.78, 5) is 22.8. The van der Waals surface area contributed by atoms with Gasteiger partial charge in [0.1, 0.15) is 0 Å². The number of hydrogen-bond acceptors (Lipinski definition) is 4. The van der Waals surface area contributed by atoms with E-state index in [0.29, 0.717) is 5.69 Å². The monoisotopic (exact) mass is 259 g/mol. The van der Waals surface area contributed by atoms with Crippen LogP contribution < -0.4 is 11.1 Å². The Kier molecular flexibility index (Phi) is 3.33. The van der Waals surface area contributed by atoms with Crippen molar-refractivity contribution in [2.75, 3.05) is 5.32 Å². The summed E-state index contributed by atoms with van der Waals surface area (Å²) in [5, 5.41) is 6.14. The van der Waals surface area contributed by atoms with Gasteiger partial charge in [-0.1, -0.05) is 23.4 Å². The summed E-state index contributed by atoms with van der Waals surface area (Å²) in [5.74, 6) is -1.27. The Morgan fingerprint density at radius 3 is 2.42 bits per heavy atom. The molecule has 0 aliphatic rings. The zero-order valence-electron chi connectivity index (χ0n) is 10.6. The minimum Gasteiger partial charge on any atom is -0.364 e. The average Bonchev–Trinajstić information content (AvgIpc) is 2.83. The predicted octanol–water partition coefficient (Wildman–Crippen LogP) is 1.64. The molecule has 2 amide bonds. The van der Waals surface area contributed by atoms with Gasteiger partial charge in [-0.2, -0.15) is 0 Å². The lowest BCUT2D eigenvalue weighted by Crippen LogP contribution is -2.13. The second kappa shape index (κ2) is 4.93. The summed E-state index contributed by atoms with van der Waals surface area (Å²) in [6.45, 7) is 3.77. The molecular formula is C13H13N3O3. The normalized spacial score (nSPS) is 10.2. The maximum atomic E-state index is 12.0. The molecule has 6 nitrogen and oxygen atoms in total. The third kappa shape index (κ3) is 2.62. The number of hydrogen-bond donors (Lipinski definition) is 2. The van der Waals surface area contributed by atoms with E-state index in [1.165, 1.54) is 6.07 Å². The fourth-order valence-corrected chi connectivity index (χ4v) is 1.69. The summed E-state index contributed by atoms with van der Waals surface area (Å²) in [6, 6.07) is 6.89. The molecule has 98 valence electrons. The Labute approximate surface area is 109 Å². The first-order chi connectivity index (χ1) is 8.99. The summed E-state index contributed by atoms with van der Waals surface area (Å²) >= 11 is 0. The quantitative estimate of drug-likeness (QED) is 0.875.